The van der Waals surface area contributed by atoms with Crippen LogP contribution in [-0.4, -0.2) is 70.6 Å². The lowest BCUT2D eigenvalue weighted by Crippen LogP contribution is -2.53. The number of carboxylic acids is 1. The number of ether oxygens (including phenoxy) is 1. The number of alkyl carbamates (subject to hydrolysis) is 1. The summed E-state index contributed by atoms with van der Waals surface area (Å²) in [6, 6.07) is 11.4. The second-order valence-electron chi connectivity index (χ2n) is 8.58. The van der Waals surface area contributed by atoms with E-state index in [0.717, 1.165) is 22.3 Å². The highest BCUT2D eigenvalue weighted by molar-refractivity contribution is 5.90. The molecule has 1 heterocycles. The van der Waals surface area contributed by atoms with Crippen LogP contribution in [0.5, 0.6) is 0 Å². The minimum absolute atomic E-state index is 0.174. The Morgan fingerprint density at radius 2 is 1.63 bits per heavy atom. The summed E-state index contributed by atoms with van der Waals surface area (Å²) >= 11 is 0. The maximum atomic E-state index is 13.2. The summed E-state index contributed by atoms with van der Waals surface area (Å²) in [5, 5.41) is 21.0. The van der Waals surface area contributed by atoms with Crippen LogP contribution in [0.1, 0.15) is 29.9 Å². The molecule has 1 fully saturated rings. The second kappa shape index (κ2) is 9.57. The van der Waals surface area contributed by atoms with Crippen LogP contribution in [0.25, 0.3) is 11.1 Å². The molecule has 1 saturated heterocycles. The number of hydrogen-bond donors (Lipinski definition) is 3. The van der Waals surface area contributed by atoms with Crippen molar-refractivity contribution in [3.63, 3.8) is 0 Å². The monoisotopic (exact) mass is 492 g/mol. The summed E-state index contributed by atoms with van der Waals surface area (Å²) in [5.74, 6) is -3.04. The van der Waals surface area contributed by atoms with Gasteiger partial charge in [-0.15, -0.1) is 0 Å². The molecule has 0 saturated carbocycles. The summed E-state index contributed by atoms with van der Waals surface area (Å²) in [7, 11) is 0. The van der Waals surface area contributed by atoms with Gasteiger partial charge >= 0.3 is 18.2 Å². The van der Waals surface area contributed by atoms with E-state index in [9.17, 15) is 37.8 Å². The Hall–Kier alpha value is -3.60. The van der Waals surface area contributed by atoms with Gasteiger partial charge in [0.2, 0.25) is 5.91 Å². The number of benzene rings is 2. The zero-order valence-electron chi connectivity index (χ0n) is 18.4. The molecule has 2 aromatic rings. The highest BCUT2D eigenvalue weighted by atomic mass is 19.4. The lowest BCUT2D eigenvalue weighted by atomic mass is 9.98. The summed E-state index contributed by atoms with van der Waals surface area (Å²) in [6.07, 6.45) is -9.28. The van der Waals surface area contributed by atoms with Gasteiger partial charge in [0.05, 0.1) is 12.5 Å². The molecule has 3 N–H and O–H groups in total. The number of alkyl halides is 3. The first kappa shape index (κ1) is 24.5. The van der Waals surface area contributed by atoms with E-state index in [4.69, 9.17) is 4.74 Å². The van der Waals surface area contributed by atoms with E-state index >= 15 is 0 Å². The molecule has 0 spiro atoms. The Morgan fingerprint density at radius 1 is 1.06 bits per heavy atom. The van der Waals surface area contributed by atoms with Crippen LogP contribution in [0, 0.1) is 0 Å². The minimum atomic E-state index is -4.83. The molecule has 1 aliphatic heterocycles. The van der Waals surface area contributed by atoms with Crippen molar-refractivity contribution in [3.8, 4) is 11.1 Å². The standard InChI is InChI=1S/C24H23F3N2O6/c25-24(26,27)10-19(21(31)29-11-13(30)9-20(29)22(32)33)28-23(34)35-12-18-16-7-3-1-5-14(16)15-6-2-4-8-17(15)18/h1-8,13,18-20,30H,9-12H2,(H,28,34)(H,32,33). The molecule has 2 aliphatic rings. The Bertz CT molecular complexity index is 1090. The van der Waals surface area contributed by atoms with Crippen molar-refractivity contribution in [1.82, 2.24) is 10.2 Å². The molecular weight excluding hydrogens is 469 g/mol. The lowest BCUT2D eigenvalue weighted by molar-refractivity contribution is -0.158. The molecule has 0 radical (unpaired) electrons. The molecule has 3 atom stereocenters. The normalized spacial score (nSPS) is 20.2. The number of rotatable bonds is 6. The molecule has 8 nitrogen and oxygen atoms in total. The van der Waals surface area contributed by atoms with E-state index in [-0.39, 0.29) is 18.9 Å². The number of halogens is 3. The number of β-amino-alcohol motifs (C(OH)–C–C–N with tert-alkyl or cyclic N) is 1. The van der Waals surface area contributed by atoms with Gasteiger partial charge in [-0.3, -0.25) is 4.79 Å². The van der Waals surface area contributed by atoms with Gasteiger partial charge in [0.15, 0.2) is 0 Å². The molecular formula is C24H23F3N2O6. The predicted octanol–water partition coefficient (Wildman–Crippen LogP) is 2.89. The maximum Gasteiger partial charge on any atom is 0.407 e. The second-order valence-corrected chi connectivity index (χ2v) is 8.58. The third-order valence-corrected chi connectivity index (χ3v) is 6.22. The first-order chi connectivity index (χ1) is 16.5. The number of carbonyl (C=O) groups is 3. The molecule has 0 aromatic heterocycles. The third-order valence-electron chi connectivity index (χ3n) is 6.22. The summed E-state index contributed by atoms with van der Waals surface area (Å²) in [6.45, 7) is -0.622. The molecule has 4 rings (SSSR count). The SMILES string of the molecule is O=C(NC(CC(F)(F)F)C(=O)N1CC(O)CC1C(=O)O)OCC1c2ccccc2-c2ccccc21. The van der Waals surface area contributed by atoms with Gasteiger partial charge in [-0.1, -0.05) is 48.5 Å². The summed E-state index contributed by atoms with van der Waals surface area (Å²) in [4.78, 5) is 37.3. The summed E-state index contributed by atoms with van der Waals surface area (Å²) in [5.41, 5.74) is 3.74. The summed E-state index contributed by atoms with van der Waals surface area (Å²) < 4.78 is 44.7. The smallest absolute Gasteiger partial charge is 0.407 e. The average molecular weight is 492 g/mol. The van der Waals surface area contributed by atoms with E-state index in [0.29, 0.717) is 4.90 Å². The number of likely N-dealkylation sites (tertiary alicyclic amines) is 1. The van der Waals surface area contributed by atoms with Crippen LogP contribution in [0.15, 0.2) is 48.5 Å². The Labute approximate surface area is 198 Å². The predicted molar refractivity (Wildman–Crippen MR) is 116 cm³/mol. The fourth-order valence-electron chi connectivity index (χ4n) is 4.71. The van der Waals surface area contributed by atoms with E-state index in [1.165, 1.54) is 0 Å². The van der Waals surface area contributed by atoms with E-state index in [2.05, 4.69) is 0 Å². The van der Waals surface area contributed by atoms with Gasteiger partial charge in [0.1, 0.15) is 18.7 Å². The number of aliphatic hydroxyl groups is 1. The van der Waals surface area contributed by atoms with Crippen LogP contribution in [-0.2, 0) is 14.3 Å². The topological polar surface area (TPSA) is 116 Å². The van der Waals surface area contributed by atoms with Crippen molar-refractivity contribution in [2.24, 2.45) is 0 Å². The number of nitrogens with zero attached hydrogens (tertiary/aromatic N) is 1. The fourth-order valence-corrected chi connectivity index (χ4v) is 4.71. The molecule has 186 valence electrons. The molecule has 3 unspecified atom stereocenters. The number of aliphatic hydroxyl groups excluding tert-OH is 1. The van der Waals surface area contributed by atoms with Gasteiger partial charge in [-0.25, -0.2) is 9.59 Å². The van der Waals surface area contributed by atoms with E-state index in [1.807, 2.05) is 53.8 Å². The zero-order chi connectivity index (χ0) is 25.3. The van der Waals surface area contributed by atoms with Crippen molar-refractivity contribution < 1.29 is 42.5 Å². The number of carbonyl (C=O) groups excluding carboxylic acids is 2. The van der Waals surface area contributed by atoms with E-state index < -0.39 is 55.3 Å². The number of amides is 2. The van der Waals surface area contributed by atoms with Crippen LogP contribution in [0.2, 0.25) is 0 Å². The number of carboxylic acid groups (broad SMARTS) is 1. The maximum absolute atomic E-state index is 13.2. The van der Waals surface area contributed by atoms with Crippen LogP contribution < -0.4 is 5.32 Å². The molecule has 2 amide bonds. The zero-order valence-corrected chi connectivity index (χ0v) is 18.4. The third kappa shape index (κ3) is 5.24. The fraction of sp³-hybridized carbons (Fsp3) is 0.375. The first-order valence-electron chi connectivity index (χ1n) is 10.9. The van der Waals surface area contributed by atoms with Crippen molar-refractivity contribution in [2.75, 3.05) is 13.2 Å². The van der Waals surface area contributed by atoms with Crippen molar-refractivity contribution in [1.29, 1.82) is 0 Å². The number of hydrogen-bond acceptors (Lipinski definition) is 5. The first-order valence-corrected chi connectivity index (χ1v) is 10.9. The molecule has 35 heavy (non-hydrogen) atoms. The van der Waals surface area contributed by atoms with Gasteiger partial charge < -0.3 is 25.2 Å². The largest absolute Gasteiger partial charge is 0.480 e. The highest BCUT2D eigenvalue weighted by Crippen LogP contribution is 2.44. The van der Waals surface area contributed by atoms with Crippen molar-refractivity contribution in [3.05, 3.63) is 59.7 Å². The van der Waals surface area contributed by atoms with Crippen LogP contribution in [0.3, 0.4) is 0 Å². The van der Waals surface area contributed by atoms with Gasteiger partial charge in [0.25, 0.3) is 0 Å². The lowest BCUT2D eigenvalue weighted by Gasteiger charge is -2.27. The van der Waals surface area contributed by atoms with Gasteiger partial charge in [0, 0.05) is 18.9 Å². The minimum Gasteiger partial charge on any atom is -0.480 e. The molecule has 11 heteroatoms. The van der Waals surface area contributed by atoms with Gasteiger partial charge in [-0.2, -0.15) is 13.2 Å². The van der Waals surface area contributed by atoms with Crippen LogP contribution in [0.4, 0.5) is 18.0 Å². The quantitative estimate of drug-likeness (QED) is 0.571. The Balaban J connectivity index is 1.47. The Kier molecular flexibility index (Phi) is 6.70. The van der Waals surface area contributed by atoms with Crippen LogP contribution >= 0.6 is 0 Å². The van der Waals surface area contributed by atoms with Crippen molar-refractivity contribution in [2.45, 2.75) is 43.1 Å². The highest BCUT2D eigenvalue weighted by Gasteiger charge is 2.45. The molecule has 0 bridgehead atoms. The number of aliphatic carboxylic acids is 1. The number of fused-ring (bicyclic) bond motifs is 3. The average Bonchev–Trinajstić information content (AvgIpc) is 3.34. The number of nitrogens with one attached hydrogen (secondary N) is 1. The van der Waals surface area contributed by atoms with E-state index in [1.54, 1.807) is 0 Å². The van der Waals surface area contributed by atoms with Crippen molar-refractivity contribution >= 4 is 18.0 Å². The molecule has 1 aliphatic carbocycles. The molecule has 2 aromatic carbocycles. The Morgan fingerprint density at radius 3 is 2.17 bits per heavy atom. The van der Waals surface area contributed by atoms with Gasteiger partial charge in [-0.05, 0) is 22.3 Å².